The molecule has 0 aliphatic rings. The second-order valence-electron chi connectivity index (χ2n) is 4.44. The summed E-state index contributed by atoms with van der Waals surface area (Å²) in [6.45, 7) is 1.96. The molecule has 3 N–H and O–H groups in total. The largest absolute Gasteiger partial charge is 0.386 e. The summed E-state index contributed by atoms with van der Waals surface area (Å²) in [7, 11) is 0. The monoisotopic (exact) mass is 245 g/mol. The molecule has 0 aliphatic carbocycles. The first kappa shape index (κ1) is 12.7. The number of aliphatic hydroxyl groups excluding tert-OH is 1. The van der Waals surface area contributed by atoms with Gasteiger partial charge in [0.1, 0.15) is 5.82 Å². The zero-order chi connectivity index (χ0) is 13.1. The van der Waals surface area contributed by atoms with Crippen LogP contribution < -0.4 is 5.73 Å². The van der Waals surface area contributed by atoms with Crippen molar-refractivity contribution in [1.29, 1.82) is 0 Å². The fraction of sp³-hybridized carbons (Fsp3) is 0.200. The topological polar surface area (TPSA) is 46.2 Å². The summed E-state index contributed by atoms with van der Waals surface area (Å²) < 4.78 is 12.8. The van der Waals surface area contributed by atoms with Crippen molar-refractivity contribution in [2.75, 3.05) is 0 Å². The highest BCUT2D eigenvalue weighted by Crippen LogP contribution is 2.27. The summed E-state index contributed by atoms with van der Waals surface area (Å²) in [5.41, 5.74) is 8.55. The molecule has 0 bridgehead atoms. The molecule has 0 heterocycles. The number of hydrogen-bond acceptors (Lipinski definition) is 2. The summed E-state index contributed by atoms with van der Waals surface area (Å²) >= 11 is 0. The summed E-state index contributed by atoms with van der Waals surface area (Å²) in [4.78, 5) is 0. The SMILES string of the molecule is Cc1cccc([C@@H](O)[C@H](N)c2ccc(F)cc2)c1. The van der Waals surface area contributed by atoms with E-state index in [1.165, 1.54) is 12.1 Å². The molecular formula is C15H16FNO. The molecule has 2 nitrogen and oxygen atoms in total. The molecule has 0 aromatic heterocycles. The van der Waals surface area contributed by atoms with Crippen LogP contribution in [0.3, 0.4) is 0 Å². The average molecular weight is 245 g/mol. The van der Waals surface area contributed by atoms with Gasteiger partial charge in [-0.15, -0.1) is 0 Å². The highest BCUT2D eigenvalue weighted by molar-refractivity contribution is 5.28. The van der Waals surface area contributed by atoms with Crippen LogP contribution in [0, 0.1) is 12.7 Å². The van der Waals surface area contributed by atoms with Crippen molar-refractivity contribution in [2.45, 2.75) is 19.1 Å². The van der Waals surface area contributed by atoms with Crippen LogP contribution >= 0.6 is 0 Å². The second kappa shape index (κ2) is 5.29. The molecular weight excluding hydrogens is 229 g/mol. The molecule has 2 aromatic carbocycles. The highest BCUT2D eigenvalue weighted by Gasteiger charge is 2.18. The van der Waals surface area contributed by atoms with E-state index in [0.717, 1.165) is 11.1 Å². The molecule has 18 heavy (non-hydrogen) atoms. The van der Waals surface area contributed by atoms with Gasteiger partial charge in [0.2, 0.25) is 0 Å². The van der Waals surface area contributed by atoms with Crippen LogP contribution in [-0.2, 0) is 0 Å². The smallest absolute Gasteiger partial charge is 0.123 e. The van der Waals surface area contributed by atoms with E-state index in [2.05, 4.69) is 0 Å². The third-order valence-corrected chi connectivity index (χ3v) is 2.98. The normalized spacial score (nSPS) is 14.2. The molecule has 0 saturated heterocycles. The van der Waals surface area contributed by atoms with E-state index in [-0.39, 0.29) is 5.82 Å². The fourth-order valence-electron chi connectivity index (χ4n) is 1.93. The van der Waals surface area contributed by atoms with E-state index in [4.69, 9.17) is 5.73 Å². The highest BCUT2D eigenvalue weighted by atomic mass is 19.1. The zero-order valence-electron chi connectivity index (χ0n) is 10.2. The molecule has 2 aromatic rings. The Kier molecular flexibility index (Phi) is 3.75. The van der Waals surface area contributed by atoms with E-state index >= 15 is 0 Å². The summed E-state index contributed by atoms with van der Waals surface area (Å²) in [5.74, 6) is -0.309. The molecule has 0 unspecified atom stereocenters. The molecule has 2 rings (SSSR count). The lowest BCUT2D eigenvalue weighted by Gasteiger charge is -2.20. The first-order valence-electron chi connectivity index (χ1n) is 5.83. The van der Waals surface area contributed by atoms with Crippen LogP contribution in [0.15, 0.2) is 48.5 Å². The van der Waals surface area contributed by atoms with Crippen LogP contribution in [-0.4, -0.2) is 5.11 Å². The Bertz CT molecular complexity index is 524. The van der Waals surface area contributed by atoms with Crippen molar-refractivity contribution in [3.05, 3.63) is 71.0 Å². The first-order valence-corrected chi connectivity index (χ1v) is 5.83. The standard InChI is InChI=1S/C15H16FNO/c1-10-3-2-4-12(9-10)15(18)14(17)11-5-7-13(16)8-6-11/h2-9,14-15,18H,17H2,1H3/t14-,15-/m1/s1. The van der Waals surface area contributed by atoms with E-state index in [1.807, 2.05) is 31.2 Å². The minimum atomic E-state index is -0.796. The van der Waals surface area contributed by atoms with Crippen LogP contribution in [0.25, 0.3) is 0 Å². The van der Waals surface area contributed by atoms with Gasteiger partial charge in [-0.2, -0.15) is 0 Å². The van der Waals surface area contributed by atoms with E-state index in [0.29, 0.717) is 5.56 Å². The van der Waals surface area contributed by atoms with Gasteiger partial charge < -0.3 is 10.8 Å². The minimum Gasteiger partial charge on any atom is -0.386 e. The lowest BCUT2D eigenvalue weighted by Crippen LogP contribution is -2.19. The third kappa shape index (κ3) is 2.75. The maximum absolute atomic E-state index is 12.8. The Balaban J connectivity index is 2.23. The molecule has 2 atom stereocenters. The Morgan fingerprint density at radius 1 is 1.06 bits per heavy atom. The third-order valence-electron chi connectivity index (χ3n) is 2.98. The lowest BCUT2D eigenvalue weighted by molar-refractivity contribution is 0.147. The minimum absolute atomic E-state index is 0.309. The zero-order valence-corrected chi connectivity index (χ0v) is 10.2. The lowest BCUT2D eigenvalue weighted by atomic mass is 9.96. The number of aryl methyl sites for hydroxylation is 1. The van der Waals surface area contributed by atoms with Gasteiger partial charge in [0.05, 0.1) is 12.1 Å². The van der Waals surface area contributed by atoms with Crippen LogP contribution in [0.1, 0.15) is 28.8 Å². The molecule has 0 fully saturated rings. The van der Waals surface area contributed by atoms with E-state index in [9.17, 15) is 9.50 Å². The van der Waals surface area contributed by atoms with Crippen LogP contribution in [0.5, 0.6) is 0 Å². The molecule has 0 amide bonds. The predicted molar refractivity (Wildman–Crippen MR) is 69.5 cm³/mol. The number of rotatable bonds is 3. The molecule has 0 radical (unpaired) electrons. The molecule has 3 heteroatoms. The van der Waals surface area contributed by atoms with Crippen molar-refractivity contribution in [3.63, 3.8) is 0 Å². The van der Waals surface area contributed by atoms with Crippen molar-refractivity contribution >= 4 is 0 Å². The van der Waals surface area contributed by atoms with E-state index < -0.39 is 12.1 Å². The van der Waals surface area contributed by atoms with Gasteiger partial charge in [-0.25, -0.2) is 4.39 Å². The van der Waals surface area contributed by atoms with E-state index in [1.54, 1.807) is 12.1 Å². The molecule has 94 valence electrons. The maximum atomic E-state index is 12.8. The molecule has 0 aliphatic heterocycles. The van der Waals surface area contributed by atoms with Gasteiger partial charge in [0, 0.05) is 0 Å². The van der Waals surface area contributed by atoms with Gasteiger partial charge in [-0.05, 0) is 30.2 Å². The Hall–Kier alpha value is -1.71. The number of nitrogens with two attached hydrogens (primary N) is 1. The number of aliphatic hydroxyl groups is 1. The molecule has 0 saturated carbocycles. The van der Waals surface area contributed by atoms with Crippen LogP contribution in [0.2, 0.25) is 0 Å². The average Bonchev–Trinajstić information content (AvgIpc) is 2.38. The van der Waals surface area contributed by atoms with Crippen molar-refractivity contribution in [2.24, 2.45) is 5.73 Å². The predicted octanol–water partition coefficient (Wildman–Crippen LogP) is 2.87. The van der Waals surface area contributed by atoms with Crippen molar-refractivity contribution in [1.82, 2.24) is 0 Å². The van der Waals surface area contributed by atoms with Gasteiger partial charge in [0.15, 0.2) is 0 Å². The number of hydrogen-bond donors (Lipinski definition) is 2. The second-order valence-corrected chi connectivity index (χ2v) is 4.44. The maximum Gasteiger partial charge on any atom is 0.123 e. The number of benzene rings is 2. The van der Waals surface area contributed by atoms with Gasteiger partial charge in [0.25, 0.3) is 0 Å². The fourth-order valence-corrected chi connectivity index (χ4v) is 1.93. The first-order chi connectivity index (χ1) is 8.58. The Morgan fingerprint density at radius 2 is 1.72 bits per heavy atom. The van der Waals surface area contributed by atoms with Crippen molar-refractivity contribution < 1.29 is 9.50 Å². The summed E-state index contributed by atoms with van der Waals surface area (Å²) in [6.07, 6.45) is -0.796. The van der Waals surface area contributed by atoms with Crippen LogP contribution in [0.4, 0.5) is 4.39 Å². The number of halogens is 1. The van der Waals surface area contributed by atoms with Crippen molar-refractivity contribution in [3.8, 4) is 0 Å². The van der Waals surface area contributed by atoms with Gasteiger partial charge in [-0.1, -0.05) is 42.0 Å². The molecule has 0 spiro atoms. The Labute approximate surface area is 106 Å². The summed E-state index contributed by atoms with van der Waals surface area (Å²) in [5, 5.41) is 10.2. The van der Waals surface area contributed by atoms with Gasteiger partial charge in [-0.3, -0.25) is 0 Å². The summed E-state index contributed by atoms with van der Waals surface area (Å²) in [6, 6.07) is 12.9. The Morgan fingerprint density at radius 3 is 2.33 bits per heavy atom. The van der Waals surface area contributed by atoms with Gasteiger partial charge >= 0.3 is 0 Å². The quantitative estimate of drug-likeness (QED) is 0.873.